The topological polar surface area (TPSA) is 86.3 Å². The van der Waals surface area contributed by atoms with Crippen molar-refractivity contribution < 1.29 is 9.85 Å². The van der Waals surface area contributed by atoms with Crippen LogP contribution < -0.4 is 0 Å². The highest BCUT2D eigenvalue weighted by Crippen LogP contribution is 2.32. The number of hydrogen-bond acceptors (Lipinski definition) is 4. The molecule has 0 aromatic rings. The third-order valence-electron chi connectivity index (χ3n) is 1.71. The highest BCUT2D eigenvalue weighted by atomic mass is 79.9. The van der Waals surface area contributed by atoms with Crippen molar-refractivity contribution in [3.05, 3.63) is 41.0 Å². The molecule has 0 bridgehead atoms. The van der Waals surface area contributed by atoms with E-state index < -0.39 is 21.6 Å². The summed E-state index contributed by atoms with van der Waals surface area (Å²) in [5, 5.41) is 21.0. The van der Waals surface area contributed by atoms with Crippen LogP contribution in [0, 0.1) is 20.2 Å². The fraction of sp³-hybridized carbons (Fsp3) is 0.333. The number of nitrogens with zero attached hydrogens (tertiary/aromatic N) is 2. The highest BCUT2D eigenvalue weighted by molar-refractivity contribution is 9.14. The number of allylic oxidation sites excluding steroid dienone is 2. The van der Waals surface area contributed by atoms with Gasteiger partial charge in [-0.05, 0) is 15.9 Å². The molecular formula is C6H4Br2N2O4. The molecule has 8 heteroatoms. The van der Waals surface area contributed by atoms with Crippen molar-refractivity contribution in [3.63, 3.8) is 0 Å². The number of hydrogen-bond donors (Lipinski definition) is 0. The molecule has 0 aromatic carbocycles. The Balaban J connectivity index is 3.11. The van der Waals surface area contributed by atoms with E-state index in [1.165, 1.54) is 0 Å². The Morgan fingerprint density at radius 2 is 1.93 bits per heavy atom. The fourth-order valence-electron chi connectivity index (χ4n) is 1.03. The Hall–Kier alpha value is -0.760. The highest BCUT2D eigenvalue weighted by Gasteiger charge is 2.39. The lowest BCUT2D eigenvalue weighted by molar-refractivity contribution is -0.554. The summed E-state index contributed by atoms with van der Waals surface area (Å²) in [5.41, 5.74) is -0.398. The Labute approximate surface area is 95.2 Å². The minimum atomic E-state index is -1.28. The molecule has 0 fully saturated rings. The monoisotopic (exact) mass is 326 g/mol. The standard InChI is InChI=1S/C6H4Br2N2O4/c7-3-1-5(9(11)12)6(10(13)14)2-4(3)8/h1,6H,2H2/t6-/m0/s1. The predicted molar refractivity (Wildman–Crippen MR) is 55.4 cm³/mol. The first kappa shape index (κ1) is 11.3. The van der Waals surface area contributed by atoms with Crippen molar-refractivity contribution in [2.24, 2.45) is 0 Å². The van der Waals surface area contributed by atoms with Gasteiger partial charge < -0.3 is 0 Å². The summed E-state index contributed by atoms with van der Waals surface area (Å²) in [7, 11) is 0. The molecule has 76 valence electrons. The fourth-order valence-corrected chi connectivity index (χ4v) is 1.85. The van der Waals surface area contributed by atoms with Gasteiger partial charge in [0.2, 0.25) is 0 Å². The normalized spacial score (nSPS) is 21.9. The maximum Gasteiger partial charge on any atom is 0.321 e. The van der Waals surface area contributed by atoms with Crippen molar-refractivity contribution >= 4 is 31.9 Å². The van der Waals surface area contributed by atoms with E-state index in [4.69, 9.17) is 0 Å². The van der Waals surface area contributed by atoms with Crippen LogP contribution in [-0.2, 0) is 0 Å². The number of halogens is 2. The van der Waals surface area contributed by atoms with Crippen molar-refractivity contribution in [1.82, 2.24) is 0 Å². The first-order valence-electron chi connectivity index (χ1n) is 3.47. The molecular weight excluding hydrogens is 324 g/mol. The van der Waals surface area contributed by atoms with Crippen LogP contribution in [0.4, 0.5) is 0 Å². The molecule has 0 aromatic heterocycles. The van der Waals surface area contributed by atoms with Crippen LogP contribution in [-0.4, -0.2) is 15.9 Å². The maximum absolute atomic E-state index is 10.5. The zero-order chi connectivity index (χ0) is 10.9. The van der Waals surface area contributed by atoms with Crippen LogP contribution in [0.15, 0.2) is 20.7 Å². The van der Waals surface area contributed by atoms with Crippen LogP contribution >= 0.6 is 31.9 Å². The minimum absolute atomic E-state index is 0.000394. The van der Waals surface area contributed by atoms with Crippen LogP contribution in [0.5, 0.6) is 0 Å². The second-order valence-electron chi connectivity index (χ2n) is 2.58. The Morgan fingerprint density at radius 1 is 1.36 bits per heavy atom. The molecule has 0 spiro atoms. The van der Waals surface area contributed by atoms with Crippen molar-refractivity contribution in [2.45, 2.75) is 12.5 Å². The largest absolute Gasteiger partial charge is 0.321 e. The molecule has 14 heavy (non-hydrogen) atoms. The first-order chi connectivity index (χ1) is 6.43. The lowest BCUT2D eigenvalue weighted by atomic mass is 10.1. The summed E-state index contributed by atoms with van der Waals surface area (Å²) in [6.07, 6.45) is 1.15. The summed E-state index contributed by atoms with van der Waals surface area (Å²) in [5.74, 6) is 0. The molecule has 0 amide bonds. The Bertz CT molecular complexity index is 363. The van der Waals surface area contributed by atoms with Gasteiger partial charge in [-0.1, -0.05) is 15.9 Å². The third kappa shape index (κ3) is 2.18. The molecule has 0 heterocycles. The van der Waals surface area contributed by atoms with E-state index in [9.17, 15) is 20.2 Å². The number of nitro groups is 2. The molecule has 1 atom stereocenters. The zero-order valence-corrected chi connectivity index (χ0v) is 9.82. The van der Waals surface area contributed by atoms with Gasteiger partial charge in [-0.15, -0.1) is 0 Å². The lowest BCUT2D eigenvalue weighted by Crippen LogP contribution is -2.28. The van der Waals surface area contributed by atoms with Gasteiger partial charge in [-0.3, -0.25) is 20.2 Å². The molecule has 1 rings (SSSR count). The van der Waals surface area contributed by atoms with Gasteiger partial charge in [-0.25, -0.2) is 0 Å². The summed E-state index contributed by atoms with van der Waals surface area (Å²) >= 11 is 6.17. The van der Waals surface area contributed by atoms with E-state index in [-0.39, 0.29) is 6.42 Å². The second kappa shape index (κ2) is 4.18. The molecule has 0 radical (unpaired) electrons. The van der Waals surface area contributed by atoms with Gasteiger partial charge >= 0.3 is 11.7 Å². The van der Waals surface area contributed by atoms with E-state index in [0.717, 1.165) is 6.08 Å². The van der Waals surface area contributed by atoms with Crippen molar-refractivity contribution in [2.75, 3.05) is 0 Å². The van der Waals surface area contributed by atoms with Gasteiger partial charge in [0.05, 0.1) is 11.3 Å². The van der Waals surface area contributed by atoms with Gasteiger partial charge in [0.25, 0.3) is 0 Å². The van der Waals surface area contributed by atoms with Crippen LogP contribution in [0.1, 0.15) is 6.42 Å². The molecule has 0 aliphatic heterocycles. The van der Waals surface area contributed by atoms with Crippen LogP contribution in [0.3, 0.4) is 0 Å². The minimum Gasteiger partial charge on any atom is -0.264 e. The lowest BCUT2D eigenvalue weighted by Gasteiger charge is -2.11. The van der Waals surface area contributed by atoms with Gasteiger partial charge in [-0.2, -0.15) is 0 Å². The molecule has 6 nitrogen and oxygen atoms in total. The van der Waals surface area contributed by atoms with Crippen LogP contribution in [0.2, 0.25) is 0 Å². The SMILES string of the molecule is O=[N+]([O-])C1=CC(Br)=C(Br)C[C@@H]1[N+](=O)[O-]. The molecule has 0 saturated carbocycles. The van der Waals surface area contributed by atoms with Gasteiger partial charge in [0.1, 0.15) is 0 Å². The van der Waals surface area contributed by atoms with Crippen molar-refractivity contribution in [1.29, 1.82) is 0 Å². The van der Waals surface area contributed by atoms with Gasteiger partial charge in [0.15, 0.2) is 0 Å². The maximum atomic E-state index is 10.5. The third-order valence-corrected chi connectivity index (χ3v) is 3.70. The van der Waals surface area contributed by atoms with Gasteiger partial charge in [0, 0.05) is 20.0 Å². The molecule has 1 aliphatic rings. The van der Waals surface area contributed by atoms with E-state index in [2.05, 4.69) is 31.9 Å². The van der Waals surface area contributed by atoms with E-state index in [1.807, 2.05) is 0 Å². The number of rotatable bonds is 2. The Kier molecular flexibility index (Phi) is 3.38. The quantitative estimate of drug-likeness (QED) is 0.574. The molecule has 0 saturated heterocycles. The average Bonchev–Trinajstić information content (AvgIpc) is 2.08. The van der Waals surface area contributed by atoms with E-state index in [0.29, 0.717) is 8.96 Å². The molecule has 1 aliphatic carbocycles. The first-order valence-corrected chi connectivity index (χ1v) is 5.05. The summed E-state index contributed by atoms with van der Waals surface area (Å²) in [6.45, 7) is 0. The van der Waals surface area contributed by atoms with Crippen LogP contribution in [0.25, 0.3) is 0 Å². The van der Waals surface area contributed by atoms with Crippen molar-refractivity contribution in [3.8, 4) is 0 Å². The average molecular weight is 328 g/mol. The smallest absolute Gasteiger partial charge is 0.264 e. The summed E-state index contributed by atoms with van der Waals surface area (Å²) < 4.78 is 1.03. The molecule has 0 N–H and O–H groups in total. The van der Waals surface area contributed by atoms with E-state index in [1.54, 1.807) is 0 Å². The Morgan fingerprint density at radius 3 is 2.36 bits per heavy atom. The summed E-state index contributed by atoms with van der Waals surface area (Å²) in [6, 6.07) is -1.28. The molecule has 0 unspecified atom stereocenters. The summed E-state index contributed by atoms with van der Waals surface area (Å²) in [4.78, 5) is 19.6. The predicted octanol–water partition coefficient (Wildman–Crippen LogP) is 2.20. The van der Waals surface area contributed by atoms with E-state index >= 15 is 0 Å². The second-order valence-corrected chi connectivity index (χ2v) is 4.40. The zero-order valence-electron chi connectivity index (χ0n) is 6.65.